The van der Waals surface area contributed by atoms with Gasteiger partial charge < -0.3 is 13.9 Å². The normalized spacial score (nSPS) is 14.0. The molecule has 0 N–H and O–H groups in total. The molecule has 0 spiro atoms. The summed E-state index contributed by atoms with van der Waals surface area (Å²) >= 11 is 2.34. The molecule has 5 rings (SSSR count). The number of imidazole rings is 2. The van der Waals surface area contributed by atoms with Gasteiger partial charge in [-0.1, -0.05) is 0 Å². The Balaban J connectivity index is 1.65. The van der Waals surface area contributed by atoms with Gasteiger partial charge in [-0.3, -0.25) is 4.98 Å². The van der Waals surface area contributed by atoms with E-state index in [-0.39, 0.29) is 0 Å². The van der Waals surface area contributed by atoms with Crippen LogP contribution in [-0.2, 0) is 6.54 Å². The quantitative estimate of drug-likeness (QED) is 0.408. The lowest BCUT2D eigenvalue weighted by Gasteiger charge is -2.09. The van der Waals surface area contributed by atoms with Crippen LogP contribution in [0, 0.1) is 3.57 Å². The summed E-state index contributed by atoms with van der Waals surface area (Å²) < 4.78 is 11.1. The minimum atomic E-state index is 0.505. The Morgan fingerprint density at radius 3 is 2.81 bits per heavy atom. The molecule has 0 bridgehead atoms. The molecule has 1 aromatic carbocycles. The predicted molar refractivity (Wildman–Crippen MR) is 112 cm³/mol. The molecule has 4 aromatic rings. The monoisotopic (exact) mass is 471 g/mol. The lowest BCUT2D eigenvalue weighted by molar-refractivity contribution is 0.418. The SMILES string of the molecule is COc1cc(I)cc2c1nc(-c1cncc(Cn3ccnc3)c1)n2C1CC1. The lowest BCUT2D eigenvalue weighted by atomic mass is 10.2. The van der Waals surface area contributed by atoms with Gasteiger partial charge in [0.2, 0.25) is 0 Å². The van der Waals surface area contributed by atoms with Gasteiger partial charge in [0.05, 0.1) is 25.5 Å². The molecule has 0 unspecified atom stereocenters. The van der Waals surface area contributed by atoms with E-state index in [4.69, 9.17) is 9.72 Å². The highest BCUT2D eigenvalue weighted by atomic mass is 127. The van der Waals surface area contributed by atoms with Gasteiger partial charge in [0.25, 0.3) is 0 Å². The van der Waals surface area contributed by atoms with Crippen molar-refractivity contribution in [3.8, 4) is 17.1 Å². The second-order valence-corrected chi connectivity index (χ2v) is 8.07. The van der Waals surface area contributed by atoms with Crippen LogP contribution in [0.15, 0.2) is 49.3 Å². The molecule has 0 atom stereocenters. The summed E-state index contributed by atoms with van der Waals surface area (Å²) in [5, 5.41) is 0. The predicted octanol–water partition coefficient (Wildman–Crippen LogP) is 4.29. The van der Waals surface area contributed by atoms with E-state index in [9.17, 15) is 0 Å². The smallest absolute Gasteiger partial charge is 0.147 e. The number of benzene rings is 1. The summed E-state index contributed by atoms with van der Waals surface area (Å²) in [6.07, 6.45) is 11.7. The van der Waals surface area contributed by atoms with E-state index < -0.39 is 0 Å². The van der Waals surface area contributed by atoms with E-state index in [1.165, 1.54) is 12.8 Å². The minimum absolute atomic E-state index is 0.505. The third-order valence-electron chi connectivity index (χ3n) is 4.83. The molecule has 7 heteroatoms. The molecular weight excluding hydrogens is 453 g/mol. The van der Waals surface area contributed by atoms with Crippen molar-refractivity contribution in [2.75, 3.05) is 7.11 Å². The molecule has 0 aliphatic heterocycles. The fraction of sp³-hybridized carbons (Fsp3) is 0.250. The second kappa shape index (κ2) is 6.63. The van der Waals surface area contributed by atoms with E-state index in [1.807, 2.05) is 35.6 Å². The summed E-state index contributed by atoms with van der Waals surface area (Å²) in [7, 11) is 1.70. The van der Waals surface area contributed by atoms with Crippen molar-refractivity contribution < 1.29 is 4.74 Å². The van der Waals surface area contributed by atoms with Crippen LogP contribution in [0.1, 0.15) is 24.4 Å². The van der Waals surface area contributed by atoms with Gasteiger partial charge in [-0.15, -0.1) is 0 Å². The van der Waals surface area contributed by atoms with Gasteiger partial charge in [0.15, 0.2) is 0 Å². The van der Waals surface area contributed by atoms with E-state index in [2.05, 4.69) is 49.3 Å². The standard InChI is InChI=1S/C20H18IN5O/c1-27-18-8-15(21)7-17-19(18)24-20(26(17)16-2-3-16)14-6-13(9-23-10-14)11-25-5-4-22-12-25/h4-10,12,16H,2-3,11H2,1H3. The highest BCUT2D eigenvalue weighted by Gasteiger charge is 2.30. The Bertz CT molecular complexity index is 1120. The molecule has 6 nitrogen and oxygen atoms in total. The Kier molecular flexibility index (Phi) is 4.11. The number of methoxy groups -OCH3 is 1. The van der Waals surface area contributed by atoms with Crippen molar-refractivity contribution in [1.82, 2.24) is 24.1 Å². The average Bonchev–Trinajstić information content (AvgIpc) is 3.24. The Morgan fingerprint density at radius 2 is 2.07 bits per heavy atom. The second-order valence-electron chi connectivity index (χ2n) is 6.83. The van der Waals surface area contributed by atoms with Gasteiger partial charge >= 0.3 is 0 Å². The van der Waals surface area contributed by atoms with Gasteiger partial charge in [-0.05, 0) is 59.2 Å². The maximum Gasteiger partial charge on any atom is 0.147 e. The number of nitrogens with zero attached hydrogens (tertiary/aromatic N) is 5. The van der Waals surface area contributed by atoms with E-state index in [0.29, 0.717) is 6.04 Å². The topological polar surface area (TPSA) is 57.8 Å². The summed E-state index contributed by atoms with van der Waals surface area (Å²) in [5.74, 6) is 1.79. The first kappa shape index (κ1) is 16.7. The molecule has 0 radical (unpaired) electrons. The minimum Gasteiger partial charge on any atom is -0.494 e. The summed E-state index contributed by atoms with van der Waals surface area (Å²) in [6.45, 7) is 0.742. The largest absolute Gasteiger partial charge is 0.494 e. The molecule has 1 aliphatic carbocycles. The van der Waals surface area contributed by atoms with Crippen LogP contribution in [0.4, 0.5) is 0 Å². The van der Waals surface area contributed by atoms with Gasteiger partial charge in [-0.2, -0.15) is 0 Å². The summed E-state index contributed by atoms with van der Waals surface area (Å²) in [5.41, 5.74) is 4.21. The van der Waals surface area contributed by atoms with Crippen molar-refractivity contribution >= 4 is 33.6 Å². The molecule has 3 aromatic heterocycles. The van der Waals surface area contributed by atoms with Gasteiger partial charge in [0.1, 0.15) is 17.1 Å². The van der Waals surface area contributed by atoms with Crippen molar-refractivity contribution in [3.63, 3.8) is 0 Å². The molecule has 1 saturated carbocycles. The third-order valence-corrected chi connectivity index (χ3v) is 5.46. The van der Waals surface area contributed by atoms with Gasteiger partial charge in [-0.25, -0.2) is 9.97 Å². The molecule has 27 heavy (non-hydrogen) atoms. The number of halogens is 1. The van der Waals surface area contributed by atoms with Crippen LogP contribution in [0.3, 0.4) is 0 Å². The third kappa shape index (κ3) is 3.09. The van der Waals surface area contributed by atoms with Crippen molar-refractivity contribution in [1.29, 1.82) is 0 Å². The van der Waals surface area contributed by atoms with Crippen LogP contribution in [0.5, 0.6) is 5.75 Å². The highest BCUT2D eigenvalue weighted by Crippen LogP contribution is 2.43. The van der Waals surface area contributed by atoms with E-state index in [1.54, 1.807) is 13.3 Å². The molecule has 0 saturated heterocycles. The van der Waals surface area contributed by atoms with Crippen LogP contribution in [-0.4, -0.2) is 31.2 Å². The summed E-state index contributed by atoms with van der Waals surface area (Å²) in [4.78, 5) is 13.6. The van der Waals surface area contributed by atoms with E-state index in [0.717, 1.165) is 43.8 Å². The maximum atomic E-state index is 5.60. The lowest BCUT2D eigenvalue weighted by Crippen LogP contribution is -2.01. The molecule has 1 aliphatic rings. The highest BCUT2D eigenvalue weighted by molar-refractivity contribution is 14.1. The molecule has 136 valence electrons. The Morgan fingerprint density at radius 1 is 1.19 bits per heavy atom. The zero-order valence-electron chi connectivity index (χ0n) is 14.8. The fourth-order valence-electron chi connectivity index (χ4n) is 3.48. The molecule has 0 amide bonds. The van der Waals surface area contributed by atoms with Crippen molar-refractivity contribution in [2.24, 2.45) is 0 Å². The van der Waals surface area contributed by atoms with Crippen molar-refractivity contribution in [3.05, 3.63) is 58.4 Å². The van der Waals surface area contributed by atoms with Crippen LogP contribution in [0.25, 0.3) is 22.4 Å². The molecule has 3 heterocycles. The number of rotatable bonds is 5. The number of hydrogen-bond donors (Lipinski definition) is 0. The maximum absolute atomic E-state index is 5.60. The number of fused-ring (bicyclic) bond motifs is 1. The van der Waals surface area contributed by atoms with Gasteiger partial charge in [0, 0.05) is 40.0 Å². The summed E-state index contributed by atoms with van der Waals surface area (Å²) in [6, 6.07) is 6.90. The first-order valence-electron chi connectivity index (χ1n) is 8.88. The van der Waals surface area contributed by atoms with Crippen LogP contribution >= 0.6 is 22.6 Å². The molecular formula is C20H18IN5O. The number of pyridine rings is 1. The zero-order chi connectivity index (χ0) is 18.4. The first-order chi connectivity index (χ1) is 13.2. The van der Waals surface area contributed by atoms with Crippen molar-refractivity contribution in [2.45, 2.75) is 25.4 Å². The number of ether oxygens (including phenoxy) is 1. The van der Waals surface area contributed by atoms with Crippen LogP contribution in [0.2, 0.25) is 0 Å². The number of hydrogen-bond acceptors (Lipinski definition) is 4. The fourth-order valence-corrected chi connectivity index (χ4v) is 4.06. The zero-order valence-corrected chi connectivity index (χ0v) is 17.0. The number of aromatic nitrogens is 5. The first-order valence-corrected chi connectivity index (χ1v) is 9.96. The van der Waals surface area contributed by atoms with Crippen LogP contribution < -0.4 is 4.74 Å². The average molecular weight is 471 g/mol. The molecule has 1 fully saturated rings. The Labute approximate surface area is 170 Å². The Hall–Kier alpha value is -2.42. The van der Waals surface area contributed by atoms with E-state index >= 15 is 0 Å².